The largest absolute Gasteiger partial charge is 0.385 e. The number of amides is 2. The van der Waals surface area contributed by atoms with Crippen LogP contribution in [0.2, 0.25) is 0 Å². The van der Waals surface area contributed by atoms with Crippen LogP contribution in [-0.4, -0.2) is 68.8 Å². The third-order valence-electron chi connectivity index (χ3n) is 7.55. The molecule has 0 aromatic heterocycles. The maximum Gasteiger partial charge on any atom is 0.243 e. The van der Waals surface area contributed by atoms with Gasteiger partial charge < -0.3 is 15.0 Å². The summed E-state index contributed by atoms with van der Waals surface area (Å²) in [6, 6.07) is 25.5. The summed E-state index contributed by atoms with van der Waals surface area (Å²) in [6.45, 7) is 2.40. The van der Waals surface area contributed by atoms with Crippen molar-refractivity contribution in [2.24, 2.45) is 0 Å². The molecule has 0 spiro atoms. The average molecular weight is 592 g/mol. The van der Waals surface area contributed by atoms with Gasteiger partial charge in [0, 0.05) is 52.7 Å². The zero-order valence-electron chi connectivity index (χ0n) is 24.3. The van der Waals surface area contributed by atoms with E-state index in [1.54, 1.807) is 36.3 Å². The van der Waals surface area contributed by atoms with Crippen LogP contribution in [0, 0.1) is 0 Å². The number of methoxy groups -OCH3 is 1. The van der Waals surface area contributed by atoms with Crippen LogP contribution in [0.5, 0.6) is 0 Å². The van der Waals surface area contributed by atoms with Gasteiger partial charge in [0.2, 0.25) is 21.8 Å². The Morgan fingerprint density at radius 3 is 2.12 bits per heavy atom. The summed E-state index contributed by atoms with van der Waals surface area (Å²) >= 11 is 0. The molecule has 0 aliphatic carbocycles. The number of benzene rings is 3. The standard InChI is InChI=1S/C33H41N3O5S/c1-41-24-10-21-34-33(38)31(25-28-11-4-2-5-12-28)36(26-29-13-6-3-7-14-29)32(37)20-17-27-15-18-30(19-16-27)42(39,40)35-22-8-9-23-35/h2-7,11-16,18-19,31H,8-10,17,20-26H2,1H3,(H,34,38). The van der Waals surface area contributed by atoms with Crippen molar-refractivity contribution in [3.05, 3.63) is 102 Å². The van der Waals surface area contributed by atoms with E-state index in [4.69, 9.17) is 4.74 Å². The van der Waals surface area contributed by atoms with Gasteiger partial charge in [-0.2, -0.15) is 4.31 Å². The lowest BCUT2D eigenvalue weighted by atomic mass is 10.0. The Kier molecular flexibility index (Phi) is 11.7. The predicted octanol–water partition coefficient (Wildman–Crippen LogP) is 4.20. The fourth-order valence-corrected chi connectivity index (χ4v) is 6.70. The maximum absolute atomic E-state index is 13.9. The zero-order chi connectivity index (χ0) is 29.8. The van der Waals surface area contributed by atoms with Crippen molar-refractivity contribution in [3.8, 4) is 0 Å². The van der Waals surface area contributed by atoms with E-state index < -0.39 is 16.1 Å². The van der Waals surface area contributed by atoms with Crippen LogP contribution in [0.4, 0.5) is 0 Å². The molecule has 1 saturated heterocycles. The molecule has 1 heterocycles. The molecular weight excluding hydrogens is 550 g/mol. The smallest absolute Gasteiger partial charge is 0.243 e. The number of hydrogen-bond donors (Lipinski definition) is 1. The Morgan fingerprint density at radius 1 is 0.881 bits per heavy atom. The molecule has 0 saturated carbocycles. The highest BCUT2D eigenvalue weighted by atomic mass is 32.2. The zero-order valence-corrected chi connectivity index (χ0v) is 25.1. The first-order valence-corrected chi connectivity index (χ1v) is 16.1. The van der Waals surface area contributed by atoms with Gasteiger partial charge in [0.25, 0.3) is 0 Å². The topological polar surface area (TPSA) is 96.0 Å². The summed E-state index contributed by atoms with van der Waals surface area (Å²) in [5.41, 5.74) is 2.77. The Balaban J connectivity index is 1.51. The highest BCUT2D eigenvalue weighted by molar-refractivity contribution is 7.89. The van der Waals surface area contributed by atoms with Crippen molar-refractivity contribution in [2.75, 3.05) is 33.4 Å². The molecule has 42 heavy (non-hydrogen) atoms. The fraction of sp³-hybridized carbons (Fsp3) is 0.394. The number of carbonyl (C=O) groups excluding carboxylic acids is 2. The summed E-state index contributed by atoms with van der Waals surface area (Å²) in [5, 5.41) is 3.00. The normalized spacial score (nSPS) is 14.4. The summed E-state index contributed by atoms with van der Waals surface area (Å²) in [6.07, 6.45) is 3.45. The Labute approximate surface area is 249 Å². The van der Waals surface area contributed by atoms with Gasteiger partial charge >= 0.3 is 0 Å². The second-order valence-electron chi connectivity index (χ2n) is 10.6. The number of nitrogens with zero attached hydrogens (tertiary/aromatic N) is 2. The number of carbonyl (C=O) groups is 2. The third-order valence-corrected chi connectivity index (χ3v) is 9.46. The van der Waals surface area contributed by atoms with E-state index in [1.165, 1.54) is 4.31 Å². The lowest BCUT2D eigenvalue weighted by molar-refractivity contribution is -0.141. The predicted molar refractivity (Wildman–Crippen MR) is 163 cm³/mol. The van der Waals surface area contributed by atoms with Gasteiger partial charge in [-0.05, 0) is 54.5 Å². The summed E-state index contributed by atoms with van der Waals surface area (Å²) < 4.78 is 32.4. The summed E-state index contributed by atoms with van der Waals surface area (Å²) in [7, 11) is -1.87. The van der Waals surface area contributed by atoms with E-state index in [2.05, 4.69) is 5.32 Å². The molecule has 8 nitrogen and oxygen atoms in total. The third kappa shape index (κ3) is 8.74. The molecule has 1 N–H and O–H groups in total. The number of sulfonamides is 1. The lowest BCUT2D eigenvalue weighted by Crippen LogP contribution is -2.50. The first kappa shape index (κ1) is 31.4. The van der Waals surface area contributed by atoms with Gasteiger partial charge in [-0.3, -0.25) is 9.59 Å². The lowest BCUT2D eigenvalue weighted by Gasteiger charge is -2.31. The van der Waals surface area contributed by atoms with Crippen LogP contribution in [0.1, 0.15) is 42.4 Å². The SMILES string of the molecule is COCCCNC(=O)C(Cc1ccccc1)N(Cc1ccccc1)C(=O)CCc1ccc(S(=O)(=O)N2CCCC2)cc1. The molecule has 0 bridgehead atoms. The molecule has 1 aliphatic rings. The number of ether oxygens (including phenoxy) is 1. The van der Waals surface area contributed by atoms with Gasteiger partial charge in [-0.1, -0.05) is 72.8 Å². The maximum atomic E-state index is 13.9. The van der Waals surface area contributed by atoms with E-state index in [9.17, 15) is 18.0 Å². The van der Waals surface area contributed by atoms with Crippen LogP contribution < -0.4 is 5.32 Å². The molecule has 0 radical (unpaired) electrons. The van der Waals surface area contributed by atoms with E-state index >= 15 is 0 Å². The molecule has 224 valence electrons. The fourth-order valence-electron chi connectivity index (χ4n) is 5.18. The van der Waals surface area contributed by atoms with E-state index in [-0.39, 0.29) is 23.1 Å². The number of rotatable bonds is 15. The van der Waals surface area contributed by atoms with Crippen LogP contribution >= 0.6 is 0 Å². The molecule has 1 unspecified atom stereocenters. The van der Waals surface area contributed by atoms with Crippen LogP contribution in [0.15, 0.2) is 89.8 Å². The summed E-state index contributed by atoms with van der Waals surface area (Å²) in [5.74, 6) is -0.337. The monoisotopic (exact) mass is 591 g/mol. The Bertz CT molecular complexity index is 1380. The van der Waals surface area contributed by atoms with Crippen LogP contribution in [0.3, 0.4) is 0 Å². The summed E-state index contributed by atoms with van der Waals surface area (Å²) in [4.78, 5) is 29.4. The molecule has 3 aromatic carbocycles. The molecule has 4 rings (SSSR count). The molecule has 1 atom stereocenters. The van der Waals surface area contributed by atoms with Crippen molar-refractivity contribution in [1.29, 1.82) is 0 Å². The van der Waals surface area contributed by atoms with Crippen molar-refractivity contribution in [3.63, 3.8) is 0 Å². The Hall–Kier alpha value is -3.53. The quantitative estimate of drug-likeness (QED) is 0.268. The second-order valence-corrected chi connectivity index (χ2v) is 12.5. The minimum atomic E-state index is -3.49. The van der Waals surface area contributed by atoms with Crippen molar-refractivity contribution in [2.45, 2.75) is 56.0 Å². The Morgan fingerprint density at radius 2 is 1.50 bits per heavy atom. The number of hydrogen-bond acceptors (Lipinski definition) is 5. The minimum Gasteiger partial charge on any atom is -0.385 e. The van der Waals surface area contributed by atoms with E-state index in [0.29, 0.717) is 52.0 Å². The van der Waals surface area contributed by atoms with Crippen LogP contribution in [0.25, 0.3) is 0 Å². The molecule has 3 aromatic rings. The van der Waals surface area contributed by atoms with Crippen LogP contribution in [-0.2, 0) is 43.7 Å². The van der Waals surface area contributed by atoms with Gasteiger partial charge in [-0.25, -0.2) is 8.42 Å². The van der Waals surface area contributed by atoms with Crippen molar-refractivity contribution < 1.29 is 22.7 Å². The second kappa shape index (κ2) is 15.6. The van der Waals surface area contributed by atoms with E-state index in [0.717, 1.165) is 29.5 Å². The van der Waals surface area contributed by atoms with Gasteiger partial charge in [0.05, 0.1) is 4.90 Å². The molecular formula is C33H41N3O5S. The van der Waals surface area contributed by atoms with Gasteiger partial charge in [0.15, 0.2) is 0 Å². The van der Waals surface area contributed by atoms with Gasteiger partial charge in [0.1, 0.15) is 6.04 Å². The van der Waals surface area contributed by atoms with E-state index in [1.807, 2.05) is 60.7 Å². The first-order chi connectivity index (χ1) is 20.4. The highest BCUT2D eigenvalue weighted by Gasteiger charge is 2.30. The minimum absolute atomic E-state index is 0.138. The van der Waals surface area contributed by atoms with Crippen molar-refractivity contribution in [1.82, 2.24) is 14.5 Å². The molecule has 1 fully saturated rings. The van der Waals surface area contributed by atoms with Crippen molar-refractivity contribution >= 4 is 21.8 Å². The molecule has 9 heteroatoms. The number of nitrogens with one attached hydrogen (secondary N) is 1. The average Bonchev–Trinajstić information content (AvgIpc) is 3.57. The number of aryl methyl sites for hydroxylation is 1. The first-order valence-electron chi connectivity index (χ1n) is 14.6. The molecule has 1 aliphatic heterocycles. The molecule has 2 amide bonds. The highest BCUT2D eigenvalue weighted by Crippen LogP contribution is 2.22. The van der Waals surface area contributed by atoms with Gasteiger partial charge in [-0.15, -0.1) is 0 Å².